The largest absolute Gasteiger partial charge is 0.354 e. The molecule has 0 aliphatic carbocycles. The van der Waals surface area contributed by atoms with Crippen LogP contribution in [0.4, 0.5) is 0 Å². The third kappa shape index (κ3) is 1.41. The van der Waals surface area contributed by atoms with Gasteiger partial charge in [0, 0.05) is 31.5 Å². The monoisotopic (exact) mass is 369 g/mol. The standard InChI is InChI=1S/C22H12BrN/c23-17-11-12-5-3-8-15-19(12)20-13(17)7-4-9-16(20)22-21(15)14-6-1-2-10-18(14)24-22/h1-11,24H. The first kappa shape index (κ1) is 12.8. The van der Waals surface area contributed by atoms with E-state index in [9.17, 15) is 0 Å². The zero-order chi connectivity index (χ0) is 15.8. The molecular weight excluding hydrogens is 358 g/mol. The number of para-hydroxylation sites is 1. The molecule has 6 rings (SSSR count). The lowest BCUT2D eigenvalue weighted by Crippen LogP contribution is -1.86. The normalized spacial score (nSPS) is 12.4. The molecule has 1 aromatic heterocycles. The Balaban J connectivity index is 2.12. The van der Waals surface area contributed by atoms with E-state index in [1.807, 2.05) is 0 Å². The van der Waals surface area contributed by atoms with E-state index in [4.69, 9.17) is 0 Å². The van der Waals surface area contributed by atoms with Gasteiger partial charge in [0.25, 0.3) is 0 Å². The lowest BCUT2D eigenvalue weighted by atomic mass is 9.91. The van der Waals surface area contributed by atoms with E-state index in [1.54, 1.807) is 0 Å². The summed E-state index contributed by atoms with van der Waals surface area (Å²) in [5.41, 5.74) is 2.43. The number of hydrogen-bond acceptors (Lipinski definition) is 0. The number of aromatic nitrogens is 1. The number of nitrogens with one attached hydrogen (secondary N) is 1. The third-order valence-corrected chi connectivity index (χ3v) is 5.85. The Morgan fingerprint density at radius 1 is 0.625 bits per heavy atom. The van der Waals surface area contributed by atoms with E-state index in [2.05, 4.69) is 87.6 Å². The Morgan fingerprint density at radius 3 is 2.33 bits per heavy atom. The molecule has 0 bridgehead atoms. The van der Waals surface area contributed by atoms with E-state index in [0.29, 0.717) is 0 Å². The molecular formula is C22H12BrN. The number of fused-ring (bicyclic) bond motifs is 5. The van der Waals surface area contributed by atoms with Crippen molar-refractivity contribution in [2.75, 3.05) is 0 Å². The highest BCUT2D eigenvalue weighted by atomic mass is 79.9. The molecule has 0 aliphatic rings. The summed E-state index contributed by atoms with van der Waals surface area (Å²) in [6.07, 6.45) is 0. The van der Waals surface area contributed by atoms with Crippen molar-refractivity contribution >= 4 is 70.1 Å². The van der Waals surface area contributed by atoms with Crippen LogP contribution in [0.25, 0.3) is 54.1 Å². The smallest absolute Gasteiger partial charge is 0.0551 e. The van der Waals surface area contributed by atoms with Crippen molar-refractivity contribution in [1.82, 2.24) is 4.98 Å². The lowest BCUT2D eigenvalue weighted by molar-refractivity contribution is 1.57. The summed E-state index contributed by atoms with van der Waals surface area (Å²) in [5.74, 6) is 0. The average molecular weight is 370 g/mol. The minimum Gasteiger partial charge on any atom is -0.354 e. The summed E-state index contributed by atoms with van der Waals surface area (Å²) in [5, 5.41) is 10.5. The molecule has 0 spiro atoms. The van der Waals surface area contributed by atoms with Gasteiger partial charge in [-0.05, 0) is 33.7 Å². The average Bonchev–Trinajstić information content (AvgIpc) is 3.01. The molecule has 0 aliphatic heterocycles. The van der Waals surface area contributed by atoms with Crippen LogP contribution < -0.4 is 0 Å². The van der Waals surface area contributed by atoms with Crippen molar-refractivity contribution in [2.45, 2.75) is 0 Å². The second-order valence-corrected chi connectivity index (χ2v) is 7.27. The molecule has 0 unspecified atom stereocenters. The minimum atomic E-state index is 1.16. The Morgan fingerprint density at radius 2 is 1.38 bits per heavy atom. The molecule has 1 N–H and O–H groups in total. The van der Waals surface area contributed by atoms with Crippen LogP contribution in [0.1, 0.15) is 0 Å². The summed E-state index contributed by atoms with van der Waals surface area (Å²) in [4.78, 5) is 3.66. The summed E-state index contributed by atoms with van der Waals surface area (Å²) in [6.45, 7) is 0. The molecule has 0 radical (unpaired) electrons. The molecule has 6 aromatic rings. The van der Waals surface area contributed by atoms with Gasteiger partial charge in [0.05, 0.1) is 5.52 Å². The fourth-order valence-electron chi connectivity index (χ4n) is 4.24. The number of benzene rings is 5. The lowest BCUT2D eigenvalue weighted by Gasteiger charge is -2.13. The minimum absolute atomic E-state index is 1.16. The van der Waals surface area contributed by atoms with Crippen molar-refractivity contribution in [3.05, 3.63) is 71.2 Å². The number of H-pyrrole nitrogens is 1. The van der Waals surface area contributed by atoms with Gasteiger partial charge in [-0.1, -0.05) is 70.5 Å². The number of aromatic amines is 1. The van der Waals surface area contributed by atoms with Crippen LogP contribution in [-0.4, -0.2) is 4.98 Å². The highest BCUT2D eigenvalue weighted by Crippen LogP contribution is 2.44. The van der Waals surface area contributed by atoms with Crippen LogP contribution in [0.5, 0.6) is 0 Å². The van der Waals surface area contributed by atoms with Gasteiger partial charge in [-0.3, -0.25) is 0 Å². The zero-order valence-corrected chi connectivity index (χ0v) is 14.3. The number of rotatable bonds is 0. The quantitative estimate of drug-likeness (QED) is 0.278. The predicted molar refractivity (Wildman–Crippen MR) is 107 cm³/mol. The third-order valence-electron chi connectivity index (χ3n) is 5.20. The highest BCUT2D eigenvalue weighted by Gasteiger charge is 2.17. The first-order valence-electron chi connectivity index (χ1n) is 8.08. The van der Waals surface area contributed by atoms with Gasteiger partial charge < -0.3 is 4.98 Å². The fraction of sp³-hybridized carbons (Fsp3) is 0. The molecule has 1 nitrogen and oxygen atoms in total. The van der Waals surface area contributed by atoms with E-state index in [1.165, 1.54) is 54.1 Å². The Kier molecular flexibility index (Phi) is 2.28. The maximum Gasteiger partial charge on any atom is 0.0551 e. The second kappa shape index (κ2) is 4.28. The Labute approximate surface area is 146 Å². The molecule has 5 aromatic carbocycles. The van der Waals surface area contributed by atoms with Crippen LogP contribution in [0.2, 0.25) is 0 Å². The maximum absolute atomic E-state index is 3.77. The van der Waals surface area contributed by atoms with Crippen LogP contribution in [0.3, 0.4) is 0 Å². The van der Waals surface area contributed by atoms with Crippen molar-refractivity contribution < 1.29 is 0 Å². The number of halogens is 1. The SMILES string of the molecule is Brc1cc2cccc3c4c5ccccc5[nH]c4c4cccc1c4c23. The summed E-state index contributed by atoms with van der Waals surface area (Å²) in [7, 11) is 0. The van der Waals surface area contributed by atoms with Gasteiger partial charge in [0.15, 0.2) is 0 Å². The molecule has 24 heavy (non-hydrogen) atoms. The van der Waals surface area contributed by atoms with E-state index < -0.39 is 0 Å². The second-order valence-electron chi connectivity index (χ2n) is 6.41. The van der Waals surface area contributed by atoms with Crippen LogP contribution in [0, 0.1) is 0 Å². The molecule has 0 atom stereocenters. The van der Waals surface area contributed by atoms with Gasteiger partial charge in [-0.2, -0.15) is 0 Å². The Bertz CT molecular complexity index is 1410. The van der Waals surface area contributed by atoms with Crippen molar-refractivity contribution in [1.29, 1.82) is 0 Å². The fourth-order valence-corrected chi connectivity index (χ4v) is 4.82. The molecule has 0 amide bonds. The van der Waals surface area contributed by atoms with Gasteiger partial charge in [0.2, 0.25) is 0 Å². The van der Waals surface area contributed by atoms with Gasteiger partial charge in [0.1, 0.15) is 0 Å². The summed E-state index contributed by atoms with van der Waals surface area (Å²) < 4.78 is 1.16. The first-order valence-corrected chi connectivity index (χ1v) is 8.87. The van der Waals surface area contributed by atoms with E-state index in [-0.39, 0.29) is 0 Å². The van der Waals surface area contributed by atoms with Crippen LogP contribution >= 0.6 is 15.9 Å². The van der Waals surface area contributed by atoms with E-state index in [0.717, 1.165) is 4.47 Å². The highest BCUT2D eigenvalue weighted by molar-refractivity contribution is 9.10. The van der Waals surface area contributed by atoms with Gasteiger partial charge in [-0.15, -0.1) is 0 Å². The summed E-state index contributed by atoms with van der Waals surface area (Å²) in [6, 6.07) is 24.0. The van der Waals surface area contributed by atoms with E-state index >= 15 is 0 Å². The zero-order valence-electron chi connectivity index (χ0n) is 12.7. The molecule has 0 saturated carbocycles. The van der Waals surface area contributed by atoms with Crippen LogP contribution in [-0.2, 0) is 0 Å². The van der Waals surface area contributed by atoms with Gasteiger partial charge in [-0.25, -0.2) is 0 Å². The topological polar surface area (TPSA) is 15.8 Å². The molecule has 0 fully saturated rings. The predicted octanol–water partition coefficient (Wildman–Crippen LogP) is 6.98. The van der Waals surface area contributed by atoms with Crippen molar-refractivity contribution in [3.8, 4) is 0 Å². The maximum atomic E-state index is 3.77. The molecule has 0 saturated heterocycles. The molecule has 2 heteroatoms. The van der Waals surface area contributed by atoms with Gasteiger partial charge >= 0.3 is 0 Å². The molecule has 1 heterocycles. The van der Waals surface area contributed by atoms with Crippen LogP contribution in [0.15, 0.2) is 71.2 Å². The number of hydrogen-bond donors (Lipinski definition) is 1. The Hall–Kier alpha value is -2.58. The first-order chi connectivity index (χ1) is 11.8. The summed E-state index contributed by atoms with van der Waals surface area (Å²) >= 11 is 3.77. The van der Waals surface area contributed by atoms with Crippen molar-refractivity contribution in [3.63, 3.8) is 0 Å². The molecule has 112 valence electrons. The van der Waals surface area contributed by atoms with Crippen molar-refractivity contribution in [2.24, 2.45) is 0 Å².